The molecule has 13 nitrogen and oxygen atoms in total. The van der Waals surface area contributed by atoms with Crippen molar-refractivity contribution in [1.82, 2.24) is 19.7 Å². The molecule has 1 saturated carbocycles. The van der Waals surface area contributed by atoms with Gasteiger partial charge in [-0.3, -0.25) is 10.1 Å². The van der Waals surface area contributed by atoms with Crippen molar-refractivity contribution >= 4 is 25.5 Å². The lowest BCUT2D eigenvalue weighted by Gasteiger charge is -2.34. The van der Waals surface area contributed by atoms with Crippen molar-refractivity contribution in [2.75, 3.05) is 19.0 Å². The Morgan fingerprint density at radius 1 is 1.29 bits per heavy atom. The number of nitro groups is 1. The molecular formula is C21H33N7O6Si. The first-order valence-electron chi connectivity index (χ1n) is 11.4. The first kappa shape index (κ1) is 26.5. The molecule has 0 bridgehead atoms. The fraction of sp³-hybridized carbons (Fsp3) is 0.619. The van der Waals surface area contributed by atoms with E-state index in [0.717, 1.165) is 6.04 Å². The molecule has 192 valence electrons. The van der Waals surface area contributed by atoms with Gasteiger partial charge in [0.1, 0.15) is 36.7 Å². The molecule has 3 rings (SSSR count). The van der Waals surface area contributed by atoms with Gasteiger partial charge in [0.2, 0.25) is 0 Å². The largest absolute Gasteiger partial charge is 0.446 e. The highest BCUT2D eigenvalue weighted by Crippen LogP contribution is 2.32. The lowest BCUT2D eigenvalue weighted by atomic mass is 9.90. The number of nitrogens with zero attached hydrogens (tertiary/aromatic N) is 5. The van der Waals surface area contributed by atoms with Gasteiger partial charge >= 0.3 is 11.8 Å². The van der Waals surface area contributed by atoms with E-state index >= 15 is 0 Å². The number of anilines is 1. The molecule has 0 aromatic carbocycles. The van der Waals surface area contributed by atoms with Crippen molar-refractivity contribution < 1.29 is 23.9 Å². The predicted octanol–water partition coefficient (Wildman–Crippen LogP) is 3.00. The summed E-state index contributed by atoms with van der Waals surface area (Å²) in [6.07, 6.45) is 2.57. The van der Waals surface area contributed by atoms with Gasteiger partial charge < -0.3 is 25.3 Å². The molecule has 2 aromatic rings. The summed E-state index contributed by atoms with van der Waals surface area (Å²) in [6, 6.07) is 2.33. The zero-order chi connectivity index (χ0) is 25.6. The lowest BCUT2D eigenvalue weighted by molar-refractivity contribution is -0.384. The maximum absolute atomic E-state index is 11.7. The summed E-state index contributed by atoms with van der Waals surface area (Å²) in [4.78, 5) is 30.9. The number of nitrogens with one attached hydrogen (secondary N) is 1. The number of carbonyl (C=O) groups is 1. The van der Waals surface area contributed by atoms with E-state index in [0.29, 0.717) is 37.4 Å². The summed E-state index contributed by atoms with van der Waals surface area (Å²) in [5.74, 6) is 0.435. The van der Waals surface area contributed by atoms with E-state index in [1.165, 1.54) is 12.5 Å². The zero-order valence-electron chi connectivity index (χ0n) is 20.5. The van der Waals surface area contributed by atoms with Crippen LogP contribution in [0, 0.1) is 10.1 Å². The van der Waals surface area contributed by atoms with E-state index in [2.05, 4.69) is 40.0 Å². The number of hydrogen-bond donors (Lipinski definition) is 2. The average molecular weight is 508 g/mol. The van der Waals surface area contributed by atoms with Gasteiger partial charge in [-0.25, -0.2) is 19.4 Å². The predicted molar refractivity (Wildman–Crippen MR) is 131 cm³/mol. The summed E-state index contributed by atoms with van der Waals surface area (Å²) in [6.45, 7) is 7.64. The molecule has 0 saturated heterocycles. The minimum absolute atomic E-state index is 0.182. The Morgan fingerprint density at radius 2 is 2.03 bits per heavy atom. The zero-order valence-corrected chi connectivity index (χ0v) is 21.5. The molecule has 3 atom stereocenters. The molecule has 3 N–H and O–H groups in total. The second kappa shape index (κ2) is 11.6. The van der Waals surface area contributed by atoms with Crippen LogP contribution in [0.5, 0.6) is 0 Å². The monoisotopic (exact) mass is 507 g/mol. The highest BCUT2D eigenvalue weighted by atomic mass is 28.3. The van der Waals surface area contributed by atoms with Crippen LogP contribution in [-0.2, 0) is 20.9 Å². The van der Waals surface area contributed by atoms with Gasteiger partial charge in [0.05, 0.1) is 11.0 Å². The molecule has 2 aromatic heterocycles. The van der Waals surface area contributed by atoms with Gasteiger partial charge in [0.15, 0.2) is 5.82 Å². The molecule has 14 heteroatoms. The maximum atomic E-state index is 11.7. The van der Waals surface area contributed by atoms with Crippen LogP contribution in [0.25, 0.3) is 11.5 Å². The van der Waals surface area contributed by atoms with Crippen molar-refractivity contribution in [2.24, 2.45) is 5.73 Å². The van der Waals surface area contributed by atoms with Crippen LogP contribution in [0.3, 0.4) is 0 Å². The summed E-state index contributed by atoms with van der Waals surface area (Å²) in [5.41, 5.74) is 5.68. The molecule has 0 aliphatic heterocycles. The number of carbonyl (C=O) groups excluding carboxylic acids is 1. The van der Waals surface area contributed by atoms with Gasteiger partial charge in [-0.1, -0.05) is 19.6 Å². The maximum Gasteiger partial charge on any atom is 0.404 e. The molecular weight excluding hydrogens is 474 g/mol. The van der Waals surface area contributed by atoms with Crippen LogP contribution in [-0.4, -0.2) is 70.8 Å². The molecule has 2 heterocycles. The van der Waals surface area contributed by atoms with Crippen molar-refractivity contribution in [3.63, 3.8) is 0 Å². The Bertz CT molecular complexity index is 1030. The quantitative estimate of drug-likeness (QED) is 0.199. The van der Waals surface area contributed by atoms with Gasteiger partial charge in [-0.05, 0) is 18.5 Å². The third kappa shape index (κ3) is 7.70. The number of hydrogen-bond acceptors (Lipinski definition) is 10. The van der Waals surface area contributed by atoms with Crippen LogP contribution in [0.2, 0.25) is 25.7 Å². The molecule has 1 fully saturated rings. The summed E-state index contributed by atoms with van der Waals surface area (Å²) < 4.78 is 18.0. The Hall–Kier alpha value is -3.10. The van der Waals surface area contributed by atoms with E-state index in [9.17, 15) is 14.9 Å². The number of aromatic nitrogens is 4. The number of methoxy groups -OCH3 is 1. The molecule has 0 spiro atoms. The molecule has 35 heavy (non-hydrogen) atoms. The van der Waals surface area contributed by atoms with Crippen molar-refractivity contribution in [1.29, 1.82) is 0 Å². The van der Waals surface area contributed by atoms with Crippen LogP contribution in [0.15, 0.2) is 18.6 Å². The molecule has 3 unspecified atom stereocenters. The second-order valence-electron chi connectivity index (χ2n) is 9.74. The number of rotatable bonds is 11. The summed E-state index contributed by atoms with van der Waals surface area (Å²) in [7, 11) is 0.346. The van der Waals surface area contributed by atoms with E-state index in [1.807, 2.05) is 0 Å². The average Bonchev–Trinajstić information content (AvgIpc) is 3.23. The van der Waals surface area contributed by atoms with E-state index < -0.39 is 25.2 Å². The topological polar surface area (TPSA) is 170 Å². The molecule has 1 aliphatic carbocycles. The fourth-order valence-electron chi connectivity index (χ4n) is 3.93. The summed E-state index contributed by atoms with van der Waals surface area (Å²) >= 11 is 0. The Morgan fingerprint density at radius 3 is 2.69 bits per heavy atom. The third-order valence-corrected chi connectivity index (χ3v) is 7.43. The smallest absolute Gasteiger partial charge is 0.404 e. The Balaban J connectivity index is 1.79. The SMILES string of the molecule is COC1CC(Nc2cc(-c3ncnn3COCC[Si](C)(C)C)ncc2[N+](=O)[O-])CC(OC(N)=O)C1. The van der Waals surface area contributed by atoms with E-state index in [-0.39, 0.29) is 30.3 Å². The second-order valence-corrected chi connectivity index (χ2v) is 15.4. The first-order chi connectivity index (χ1) is 16.6. The van der Waals surface area contributed by atoms with Crippen LogP contribution in [0.1, 0.15) is 19.3 Å². The van der Waals surface area contributed by atoms with Crippen LogP contribution in [0.4, 0.5) is 16.2 Å². The van der Waals surface area contributed by atoms with Gasteiger partial charge in [0, 0.05) is 40.7 Å². The number of ether oxygens (including phenoxy) is 3. The number of amides is 1. The van der Waals surface area contributed by atoms with Gasteiger partial charge in [-0.15, -0.1) is 0 Å². The minimum Gasteiger partial charge on any atom is -0.446 e. The molecule has 1 amide bonds. The normalized spacial score (nSPS) is 20.4. The van der Waals surface area contributed by atoms with Crippen molar-refractivity contribution in [3.8, 4) is 11.5 Å². The van der Waals surface area contributed by atoms with Crippen LogP contribution < -0.4 is 11.1 Å². The van der Waals surface area contributed by atoms with Crippen LogP contribution >= 0.6 is 0 Å². The van der Waals surface area contributed by atoms with Crippen molar-refractivity contribution in [2.45, 2.75) is 69.9 Å². The molecule has 1 aliphatic rings. The first-order valence-corrected chi connectivity index (χ1v) is 15.1. The third-order valence-electron chi connectivity index (χ3n) is 5.73. The van der Waals surface area contributed by atoms with Gasteiger partial charge in [0.25, 0.3) is 0 Å². The standard InChI is InChI=1S/C21H33N7O6Si/c1-32-15-7-14(8-16(9-15)34-21(22)29)26-17-10-18(23-11-19(17)28(30)31)20-24-12-25-27(20)13-33-5-6-35(2,3)4/h10-12,14-16H,5-9,13H2,1-4H3,(H2,22,29)(H,23,26). The van der Waals surface area contributed by atoms with Crippen molar-refractivity contribution in [3.05, 3.63) is 28.7 Å². The number of pyridine rings is 1. The lowest BCUT2D eigenvalue weighted by Crippen LogP contribution is -2.40. The van der Waals surface area contributed by atoms with Gasteiger partial charge in [-0.2, -0.15) is 5.10 Å². The van der Waals surface area contributed by atoms with E-state index in [1.54, 1.807) is 17.9 Å². The highest BCUT2D eigenvalue weighted by Gasteiger charge is 2.32. The number of nitrogens with two attached hydrogens (primary N) is 1. The fourth-order valence-corrected chi connectivity index (χ4v) is 4.68. The number of primary amides is 1. The van der Waals surface area contributed by atoms with E-state index in [4.69, 9.17) is 19.9 Å². The Kier molecular flexibility index (Phi) is 8.75. The minimum atomic E-state index is -1.22. The molecule has 0 radical (unpaired) electrons. The summed E-state index contributed by atoms with van der Waals surface area (Å²) in [5, 5.41) is 19.1. The Labute approximate surface area is 204 Å². The highest BCUT2D eigenvalue weighted by molar-refractivity contribution is 6.76.